The molecule has 1 rings (SSSR count). The van der Waals surface area contributed by atoms with Crippen LogP contribution in [-0.2, 0) is 14.3 Å². The Labute approximate surface area is 66.7 Å². The van der Waals surface area contributed by atoms with Crippen molar-refractivity contribution in [3.63, 3.8) is 0 Å². The van der Waals surface area contributed by atoms with E-state index >= 15 is 0 Å². The van der Waals surface area contributed by atoms with Crippen LogP contribution in [0.1, 0.15) is 13.8 Å². The molecule has 0 N–H and O–H groups in total. The fourth-order valence-corrected chi connectivity index (χ4v) is 0.747. The molecule has 11 heavy (non-hydrogen) atoms. The molecule has 0 aromatic heterocycles. The zero-order chi connectivity index (χ0) is 8.27. The van der Waals surface area contributed by atoms with Crippen molar-refractivity contribution < 1.29 is 14.3 Å². The first kappa shape index (κ1) is 8.53. The van der Waals surface area contributed by atoms with E-state index in [0.717, 1.165) is 13.2 Å². The summed E-state index contributed by atoms with van der Waals surface area (Å²) < 4.78 is 9.92. The Morgan fingerprint density at radius 2 is 2.27 bits per heavy atom. The van der Waals surface area contributed by atoms with E-state index in [4.69, 9.17) is 9.47 Å². The van der Waals surface area contributed by atoms with Crippen LogP contribution in [0.2, 0.25) is 0 Å². The van der Waals surface area contributed by atoms with E-state index in [0.29, 0.717) is 12.5 Å². The molecule has 1 fully saturated rings. The minimum absolute atomic E-state index is 0.0176. The third kappa shape index (κ3) is 2.50. The summed E-state index contributed by atoms with van der Waals surface area (Å²) in [6, 6.07) is 0. The second-order valence-corrected chi connectivity index (χ2v) is 3.19. The summed E-state index contributed by atoms with van der Waals surface area (Å²) in [5.74, 6) is 0.311. The Morgan fingerprint density at radius 3 is 2.64 bits per heavy atom. The Morgan fingerprint density at radius 1 is 1.64 bits per heavy atom. The highest BCUT2D eigenvalue weighted by molar-refractivity contribution is 5.71. The lowest BCUT2D eigenvalue weighted by atomic mass is 10.1. The molecule has 0 atom stereocenters. The summed E-state index contributed by atoms with van der Waals surface area (Å²) in [5, 5.41) is 0. The maximum absolute atomic E-state index is 10.9. The quantitative estimate of drug-likeness (QED) is 0.571. The van der Waals surface area contributed by atoms with Crippen LogP contribution in [0, 0.1) is 11.8 Å². The summed E-state index contributed by atoms with van der Waals surface area (Å²) in [6.45, 7) is 5.67. The largest absolute Gasteiger partial charge is 0.465 e. The zero-order valence-electron chi connectivity index (χ0n) is 7.00. The van der Waals surface area contributed by atoms with Crippen LogP contribution in [0.15, 0.2) is 0 Å². The summed E-state index contributed by atoms with van der Waals surface area (Å²) in [4.78, 5) is 10.9. The van der Waals surface area contributed by atoms with Gasteiger partial charge in [0.05, 0.1) is 25.7 Å². The summed E-state index contributed by atoms with van der Waals surface area (Å²) in [6.07, 6.45) is 0. The first-order valence-corrected chi connectivity index (χ1v) is 3.94. The van der Waals surface area contributed by atoms with Crippen molar-refractivity contribution in [1.29, 1.82) is 0 Å². The predicted octanol–water partition coefficient (Wildman–Crippen LogP) is 0.832. The van der Waals surface area contributed by atoms with Gasteiger partial charge in [-0.1, -0.05) is 13.8 Å². The van der Waals surface area contributed by atoms with Gasteiger partial charge in [0.25, 0.3) is 0 Å². The van der Waals surface area contributed by atoms with Gasteiger partial charge in [-0.15, -0.1) is 0 Å². The lowest BCUT2D eigenvalue weighted by molar-refractivity contribution is -0.154. The van der Waals surface area contributed by atoms with E-state index in [1.807, 2.05) is 13.8 Å². The normalized spacial score (nSPS) is 18.1. The maximum Gasteiger partial charge on any atom is 0.308 e. The second-order valence-electron chi connectivity index (χ2n) is 3.19. The molecule has 1 heterocycles. The molecular weight excluding hydrogens is 144 g/mol. The molecule has 0 bridgehead atoms. The molecule has 0 saturated carbocycles. The van der Waals surface area contributed by atoms with E-state index in [-0.39, 0.29) is 11.9 Å². The van der Waals surface area contributed by atoms with Crippen molar-refractivity contribution in [1.82, 2.24) is 0 Å². The lowest BCUT2D eigenvalue weighted by Gasteiger charge is -2.25. The molecule has 0 radical (unpaired) electrons. The number of ether oxygens (including phenoxy) is 2. The van der Waals surface area contributed by atoms with Gasteiger partial charge in [0.1, 0.15) is 0 Å². The molecule has 0 amide bonds. The first-order chi connectivity index (χ1) is 5.20. The molecule has 1 aliphatic rings. The van der Waals surface area contributed by atoms with E-state index in [1.54, 1.807) is 0 Å². The third-order valence-electron chi connectivity index (χ3n) is 1.64. The lowest BCUT2D eigenvalue weighted by Crippen LogP contribution is -2.33. The third-order valence-corrected chi connectivity index (χ3v) is 1.64. The van der Waals surface area contributed by atoms with Crippen LogP contribution in [0.25, 0.3) is 0 Å². The van der Waals surface area contributed by atoms with Crippen molar-refractivity contribution >= 4 is 5.97 Å². The molecule has 0 aromatic carbocycles. The fourth-order valence-electron chi connectivity index (χ4n) is 0.747. The van der Waals surface area contributed by atoms with Gasteiger partial charge in [0.2, 0.25) is 0 Å². The van der Waals surface area contributed by atoms with Crippen molar-refractivity contribution in [3.8, 4) is 0 Å². The average molecular weight is 158 g/mol. The molecule has 1 aliphatic heterocycles. The molecule has 0 spiro atoms. The average Bonchev–Trinajstić information content (AvgIpc) is 1.83. The molecule has 3 heteroatoms. The minimum atomic E-state index is -0.114. The highest BCUT2D eigenvalue weighted by Crippen LogP contribution is 2.10. The van der Waals surface area contributed by atoms with Crippen molar-refractivity contribution in [2.75, 3.05) is 19.8 Å². The Kier molecular flexibility index (Phi) is 2.88. The first-order valence-electron chi connectivity index (χ1n) is 3.94. The molecule has 0 unspecified atom stereocenters. The summed E-state index contributed by atoms with van der Waals surface area (Å²) >= 11 is 0. The van der Waals surface area contributed by atoms with Crippen LogP contribution >= 0.6 is 0 Å². The Hall–Kier alpha value is -0.570. The molecule has 64 valence electrons. The van der Waals surface area contributed by atoms with Gasteiger partial charge in [-0.3, -0.25) is 4.79 Å². The highest BCUT2D eigenvalue weighted by Gasteiger charge is 2.20. The smallest absolute Gasteiger partial charge is 0.308 e. The zero-order valence-corrected chi connectivity index (χ0v) is 7.00. The minimum Gasteiger partial charge on any atom is -0.465 e. The number of rotatable bonds is 3. The molecule has 3 nitrogen and oxygen atoms in total. The van der Waals surface area contributed by atoms with E-state index in [1.165, 1.54) is 0 Å². The fraction of sp³-hybridized carbons (Fsp3) is 0.875. The van der Waals surface area contributed by atoms with Gasteiger partial charge in [-0.2, -0.15) is 0 Å². The van der Waals surface area contributed by atoms with Gasteiger partial charge in [0.15, 0.2) is 0 Å². The maximum atomic E-state index is 10.9. The number of carbonyl (C=O) groups excluding carboxylic acids is 1. The number of esters is 1. The number of hydrogen-bond acceptors (Lipinski definition) is 3. The van der Waals surface area contributed by atoms with Gasteiger partial charge < -0.3 is 9.47 Å². The van der Waals surface area contributed by atoms with Crippen molar-refractivity contribution in [2.45, 2.75) is 13.8 Å². The van der Waals surface area contributed by atoms with Gasteiger partial charge in [0, 0.05) is 5.92 Å². The van der Waals surface area contributed by atoms with Crippen LogP contribution in [0.3, 0.4) is 0 Å². The van der Waals surface area contributed by atoms with E-state index in [9.17, 15) is 4.79 Å². The Balaban J connectivity index is 2.06. The topological polar surface area (TPSA) is 35.5 Å². The standard InChI is InChI=1S/C8H14O3/c1-6(2)8(9)11-5-7-3-10-4-7/h6-7H,3-5H2,1-2H3. The van der Waals surface area contributed by atoms with E-state index < -0.39 is 0 Å². The monoisotopic (exact) mass is 158 g/mol. The summed E-state index contributed by atoms with van der Waals surface area (Å²) in [5.41, 5.74) is 0. The van der Waals surface area contributed by atoms with Crippen LogP contribution in [0.5, 0.6) is 0 Å². The second kappa shape index (κ2) is 3.72. The van der Waals surface area contributed by atoms with Crippen molar-refractivity contribution in [2.24, 2.45) is 11.8 Å². The SMILES string of the molecule is CC(C)C(=O)OCC1COC1. The van der Waals surface area contributed by atoms with Crippen LogP contribution in [-0.4, -0.2) is 25.8 Å². The van der Waals surface area contributed by atoms with Crippen molar-refractivity contribution in [3.05, 3.63) is 0 Å². The number of hydrogen-bond donors (Lipinski definition) is 0. The predicted molar refractivity (Wildman–Crippen MR) is 40.1 cm³/mol. The van der Waals surface area contributed by atoms with Gasteiger partial charge in [-0.05, 0) is 0 Å². The highest BCUT2D eigenvalue weighted by atomic mass is 16.5. The van der Waals surface area contributed by atoms with Crippen LogP contribution < -0.4 is 0 Å². The molecule has 0 aromatic rings. The van der Waals surface area contributed by atoms with E-state index in [2.05, 4.69) is 0 Å². The van der Waals surface area contributed by atoms with Crippen LogP contribution in [0.4, 0.5) is 0 Å². The van der Waals surface area contributed by atoms with Gasteiger partial charge >= 0.3 is 5.97 Å². The Bertz CT molecular complexity index is 138. The number of carbonyl (C=O) groups is 1. The molecule has 0 aliphatic carbocycles. The molecular formula is C8H14O3. The molecule has 1 saturated heterocycles. The van der Waals surface area contributed by atoms with Gasteiger partial charge in [-0.25, -0.2) is 0 Å². The summed E-state index contributed by atoms with van der Waals surface area (Å²) in [7, 11) is 0.